The van der Waals surface area contributed by atoms with Crippen LogP contribution in [-0.4, -0.2) is 12.4 Å². The fourth-order valence-electron chi connectivity index (χ4n) is 1.23. The molecule has 0 amide bonds. The number of benzene rings is 1. The van der Waals surface area contributed by atoms with E-state index in [1.54, 1.807) is 13.0 Å². The number of carbonyl (C=O) groups excluding carboxylic acids is 1. The third kappa shape index (κ3) is 3.33. The Hall–Kier alpha value is -1.38. The molecule has 0 aliphatic carbocycles. The average molecular weight is 224 g/mol. The molecule has 16 heavy (non-hydrogen) atoms. The number of ketones is 1. The molecule has 0 saturated heterocycles. The lowest BCUT2D eigenvalue weighted by molar-refractivity contribution is -0.124. The van der Waals surface area contributed by atoms with Crippen molar-refractivity contribution >= 4 is 5.78 Å². The van der Waals surface area contributed by atoms with Gasteiger partial charge < -0.3 is 4.74 Å². The highest BCUT2D eigenvalue weighted by molar-refractivity contribution is 5.82. The highest BCUT2D eigenvalue weighted by Crippen LogP contribution is 2.16. The monoisotopic (exact) mass is 224 g/mol. The molecule has 1 unspecified atom stereocenters. The van der Waals surface area contributed by atoms with E-state index in [1.807, 2.05) is 13.8 Å². The number of aryl methyl sites for hydroxylation is 1. The van der Waals surface area contributed by atoms with Crippen LogP contribution in [0.1, 0.15) is 25.8 Å². The Labute approximate surface area is 95.4 Å². The summed E-state index contributed by atoms with van der Waals surface area (Å²) in [6.45, 7) is 5.56. The third-order valence-electron chi connectivity index (χ3n) is 2.67. The number of ether oxygens (including phenoxy) is 1. The largest absolute Gasteiger partial charge is 0.486 e. The van der Waals surface area contributed by atoms with Gasteiger partial charge in [0.25, 0.3) is 0 Å². The van der Waals surface area contributed by atoms with E-state index in [4.69, 9.17) is 4.74 Å². The van der Waals surface area contributed by atoms with Gasteiger partial charge in [0.1, 0.15) is 18.2 Å². The van der Waals surface area contributed by atoms with E-state index in [-0.39, 0.29) is 24.1 Å². The highest BCUT2D eigenvalue weighted by atomic mass is 19.1. The second-order valence-corrected chi connectivity index (χ2v) is 3.98. The normalized spacial score (nSPS) is 12.2. The number of hydrogen-bond donors (Lipinski definition) is 0. The molecule has 0 aliphatic rings. The molecule has 1 aromatic rings. The van der Waals surface area contributed by atoms with Crippen LogP contribution < -0.4 is 4.74 Å². The molecular formula is C13H17FO2. The van der Waals surface area contributed by atoms with Crippen LogP contribution in [0.15, 0.2) is 18.2 Å². The average Bonchev–Trinajstić information content (AvgIpc) is 2.29. The zero-order valence-corrected chi connectivity index (χ0v) is 9.92. The van der Waals surface area contributed by atoms with Crippen LogP contribution in [0.4, 0.5) is 4.39 Å². The van der Waals surface area contributed by atoms with Crippen molar-refractivity contribution in [2.75, 3.05) is 6.61 Å². The van der Waals surface area contributed by atoms with Crippen molar-refractivity contribution in [3.05, 3.63) is 29.6 Å². The van der Waals surface area contributed by atoms with Gasteiger partial charge in [0.05, 0.1) is 0 Å². The van der Waals surface area contributed by atoms with Crippen molar-refractivity contribution in [3.8, 4) is 5.75 Å². The van der Waals surface area contributed by atoms with Gasteiger partial charge in [0.15, 0.2) is 5.78 Å². The number of carbonyl (C=O) groups is 1. The summed E-state index contributed by atoms with van der Waals surface area (Å²) in [5, 5.41) is 0. The van der Waals surface area contributed by atoms with E-state index in [0.717, 1.165) is 6.42 Å². The fraction of sp³-hybridized carbons (Fsp3) is 0.462. The van der Waals surface area contributed by atoms with Crippen LogP contribution >= 0.6 is 0 Å². The van der Waals surface area contributed by atoms with Crippen molar-refractivity contribution in [3.63, 3.8) is 0 Å². The predicted molar refractivity (Wildman–Crippen MR) is 61.1 cm³/mol. The van der Waals surface area contributed by atoms with Gasteiger partial charge in [0.2, 0.25) is 0 Å². The molecule has 2 nitrogen and oxygen atoms in total. The van der Waals surface area contributed by atoms with Crippen LogP contribution in [-0.2, 0) is 4.79 Å². The summed E-state index contributed by atoms with van der Waals surface area (Å²) in [5.41, 5.74) is 0.522. The molecule has 1 atom stereocenters. The molecule has 0 bridgehead atoms. The molecule has 0 fully saturated rings. The molecule has 0 aromatic heterocycles. The van der Waals surface area contributed by atoms with Gasteiger partial charge in [-0.1, -0.05) is 13.8 Å². The minimum absolute atomic E-state index is 0.0153. The van der Waals surface area contributed by atoms with E-state index in [2.05, 4.69) is 0 Å². The van der Waals surface area contributed by atoms with Crippen LogP contribution in [0.5, 0.6) is 5.75 Å². The molecule has 0 radical (unpaired) electrons. The first-order valence-electron chi connectivity index (χ1n) is 5.46. The standard InChI is InChI=1S/C13H17FO2/c1-4-9(2)13(15)8-16-11-5-6-12(14)10(3)7-11/h5-7,9H,4,8H2,1-3H3. The predicted octanol–water partition coefficient (Wildman–Crippen LogP) is 3.13. The van der Waals surface area contributed by atoms with Gasteiger partial charge in [0, 0.05) is 5.92 Å². The van der Waals surface area contributed by atoms with E-state index in [1.165, 1.54) is 12.1 Å². The summed E-state index contributed by atoms with van der Waals surface area (Å²) >= 11 is 0. The number of halogens is 1. The topological polar surface area (TPSA) is 26.3 Å². The van der Waals surface area contributed by atoms with Crippen LogP contribution in [0, 0.1) is 18.7 Å². The maximum absolute atomic E-state index is 13.0. The first-order chi connectivity index (χ1) is 7.54. The molecule has 1 rings (SSSR count). The minimum atomic E-state index is -0.263. The Morgan fingerprint density at radius 2 is 2.19 bits per heavy atom. The number of hydrogen-bond acceptors (Lipinski definition) is 2. The van der Waals surface area contributed by atoms with Gasteiger partial charge in [-0.3, -0.25) is 4.79 Å². The van der Waals surface area contributed by atoms with Crippen LogP contribution in [0.25, 0.3) is 0 Å². The fourth-order valence-corrected chi connectivity index (χ4v) is 1.23. The van der Waals surface area contributed by atoms with Crippen molar-refractivity contribution in [1.82, 2.24) is 0 Å². The van der Waals surface area contributed by atoms with Crippen molar-refractivity contribution in [2.24, 2.45) is 5.92 Å². The molecule has 3 heteroatoms. The molecule has 0 aliphatic heterocycles. The SMILES string of the molecule is CCC(C)C(=O)COc1ccc(F)c(C)c1. The first-order valence-corrected chi connectivity index (χ1v) is 5.46. The molecule has 88 valence electrons. The molecule has 0 N–H and O–H groups in total. The zero-order valence-electron chi connectivity index (χ0n) is 9.92. The second kappa shape index (κ2) is 5.64. The summed E-state index contributed by atoms with van der Waals surface area (Å²) < 4.78 is 18.3. The molecular weight excluding hydrogens is 207 g/mol. The lowest BCUT2D eigenvalue weighted by atomic mass is 10.0. The summed E-state index contributed by atoms with van der Waals surface area (Å²) in [6.07, 6.45) is 0.810. The zero-order chi connectivity index (χ0) is 12.1. The summed E-state index contributed by atoms with van der Waals surface area (Å²) in [7, 11) is 0. The van der Waals surface area contributed by atoms with Crippen molar-refractivity contribution in [2.45, 2.75) is 27.2 Å². The quantitative estimate of drug-likeness (QED) is 0.768. The van der Waals surface area contributed by atoms with Crippen molar-refractivity contribution < 1.29 is 13.9 Å². The first kappa shape index (κ1) is 12.7. The lowest BCUT2D eigenvalue weighted by Crippen LogP contribution is -2.18. The highest BCUT2D eigenvalue weighted by Gasteiger charge is 2.11. The van der Waals surface area contributed by atoms with E-state index in [9.17, 15) is 9.18 Å². The van der Waals surface area contributed by atoms with Gasteiger partial charge >= 0.3 is 0 Å². The van der Waals surface area contributed by atoms with Crippen LogP contribution in [0.3, 0.4) is 0 Å². The molecule has 0 saturated carbocycles. The second-order valence-electron chi connectivity index (χ2n) is 3.98. The molecule has 0 spiro atoms. The molecule has 1 aromatic carbocycles. The van der Waals surface area contributed by atoms with Gasteiger partial charge in [-0.25, -0.2) is 4.39 Å². The minimum Gasteiger partial charge on any atom is -0.486 e. The lowest BCUT2D eigenvalue weighted by Gasteiger charge is -2.09. The smallest absolute Gasteiger partial charge is 0.172 e. The Kier molecular flexibility index (Phi) is 4.47. The van der Waals surface area contributed by atoms with E-state index < -0.39 is 0 Å². The Morgan fingerprint density at radius 1 is 1.50 bits per heavy atom. The Balaban J connectivity index is 2.55. The number of rotatable bonds is 5. The van der Waals surface area contributed by atoms with Gasteiger partial charge in [-0.15, -0.1) is 0 Å². The summed E-state index contributed by atoms with van der Waals surface area (Å²) in [6, 6.07) is 4.48. The maximum atomic E-state index is 13.0. The number of Topliss-reactive ketones (excluding diaryl/α,β-unsaturated/α-hetero) is 1. The van der Waals surface area contributed by atoms with Gasteiger partial charge in [-0.2, -0.15) is 0 Å². The van der Waals surface area contributed by atoms with Gasteiger partial charge in [-0.05, 0) is 37.1 Å². The maximum Gasteiger partial charge on any atom is 0.172 e. The van der Waals surface area contributed by atoms with E-state index >= 15 is 0 Å². The van der Waals surface area contributed by atoms with E-state index in [0.29, 0.717) is 11.3 Å². The molecule has 0 heterocycles. The Bertz CT molecular complexity index is 374. The Morgan fingerprint density at radius 3 is 2.75 bits per heavy atom. The van der Waals surface area contributed by atoms with Crippen LogP contribution in [0.2, 0.25) is 0 Å². The summed E-state index contributed by atoms with van der Waals surface area (Å²) in [5.74, 6) is 0.363. The van der Waals surface area contributed by atoms with Crippen molar-refractivity contribution in [1.29, 1.82) is 0 Å². The summed E-state index contributed by atoms with van der Waals surface area (Å²) in [4.78, 5) is 11.5. The third-order valence-corrected chi connectivity index (χ3v) is 2.67.